The quantitative estimate of drug-likeness (QED) is 0.707. The van der Waals surface area contributed by atoms with E-state index in [4.69, 9.17) is 9.47 Å². The first-order valence-electron chi connectivity index (χ1n) is 10.2. The molecule has 8 heteroatoms. The van der Waals surface area contributed by atoms with Gasteiger partial charge in [-0.15, -0.1) is 5.10 Å². The molecule has 1 aromatic carbocycles. The summed E-state index contributed by atoms with van der Waals surface area (Å²) < 4.78 is 12.6. The van der Waals surface area contributed by atoms with Gasteiger partial charge in [0.15, 0.2) is 5.69 Å². The van der Waals surface area contributed by atoms with Gasteiger partial charge in [0.1, 0.15) is 11.5 Å². The number of carbonyl (C=O) groups is 1. The second kappa shape index (κ2) is 9.73. The maximum Gasteiger partial charge on any atom is 0.273 e. The zero-order valence-corrected chi connectivity index (χ0v) is 17.6. The van der Waals surface area contributed by atoms with Crippen LogP contribution in [0.5, 0.6) is 11.5 Å². The number of hydrogen-bond acceptors (Lipinski definition) is 6. The average molecular weight is 402 g/mol. The van der Waals surface area contributed by atoms with E-state index in [2.05, 4.69) is 20.9 Å². The number of ether oxygens (including phenoxy) is 2. The fraction of sp³-hybridized carbons (Fsp3) is 0.571. The van der Waals surface area contributed by atoms with Crippen LogP contribution in [0.1, 0.15) is 61.6 Å². The number of hydrogen-bond donors (Lipinski definition) is 2. The van der Waals surface area contributed by atoms with E-state index in [0.717, 1.165) is 49.3 Å². The van der Waals surface area contributed by atoms with Gasteiger partial charge in [0.25, 0.3) is 5.91 Å². The minimum Gasteiger partial charge on any atom is -0.497 e. The number of nitrogens with one attached hydrogen (secondary N) is 2. The summed E-state index contributed by atoms with van der Waals surface area (Å²) in [7, 11) is 3.33. The second-order valence-electron chi connectivity index (χ2n) is 7.78. The summed E-state index contributed by atoms with van der Waals surface area (Å²) in [5, 5.41) is 14.7. The number of amides is 1. The molecule has 1 amide bonds. The van der Waals surface area contributed by atoms with Crippen molar-refractivity contribution < 1.29 is 14.3 Å². The first-order valence-corrected chi connectivity index (χ1v) is 10.2. The van der Waals surface area contributed by atoms with Crippen LogP contribution in [0.4, 0.5) is 0 Å². The summed E-state index contributed by atoms with van der Waals surface area (Å²) in [6.45, 7) is 4.61. The molecule has 29 heavy (non-hydrogen) atoms. The molecule has 1 aliphatic rings. The van der Waals surface area contributed by atoms with Gasteiger partial charge in [-0.1, -0.05) is 11.3 Å². The molecule has 0 spiro atoms. The largest absolute Gasteiger partial charge is 0.497 e. The van der Waals surface area contributed by atoms with Gasteiger partial charge in [0, 0.05) is 30.3 Å². The number of rotatable bonds is 8. The van der Waals surface area contributed by atoms with E-state index in [-0.39, 0.29) is 18.0 Å². The summed E-state index contributed by atoms with van der Waals surface area (Å²) in [5.74, 6) is 1.45. The van der Waals surface area contributed by atoms with Gasteiger partial charge < -0.3 is 20.1 Å². The number of methoxy groups -OCH3 is 2. The highest BCUT2D eigenvalue weighted by molar-refractivity contribution is 5.91. The zero-order valence-electron chi connectivity index (χ0n) is 17.6. The molecule has 1 fully saturated rings. The van der Waals surface area contributed by atoms with Crippen LogP contribution < -0.4 is 20.1 Å². The molecule has 0 radical (unpaired) electrons. The van der Waals surface area contributed by atoms with E-state index >= 15 is 0 Å². The molecule has 3 rings (SSSR count). The lowest BCUT2D eigenvalue weighted by atomic mass is 9.91. The normalized spacial score (nSPS) is 19.2. The lowest BCUT2D eigenvalue weighted by Gasteiger charge is -2.29. The van der Waals surface area contributed by atoms with E-state index in [1.54, 1.807) is 20.4 Å². The van der Waals surface area contributed by atoms with Crippen LogP contribution in [-0.4, -0.2) is 47.2 Å². The van der Waals surface area contributed by atoms with E-state index in [1.807, 2.05) is 36.7 Å². The van der Waals surface area contributed by atoms with E-state index in [0.29, 0.717) is 11.7 Å². The van der Waals surface area contributed by atoms with Crippen molar-refractivity contribution in [3.63, 3.8) is 0 Å². The SMILES string of the molecule is COc1ccc(CNC2CCC(n3cc(C(=O)NC(C)C)nn3)CC2)c(OC)c1. The molecule has 158 valence electrons. The molecule has 8 nitrogen and oxygen atoms in total. The molecule has 1 heterocycles. The molecular formula is C21H31N5O3. The molecule has 2 N–H and O–H groups in total. The fourth-order valence-electron chi connectivity index (χ4n) is 3.69. The maximum absolute atomic E-state index is 12.1. The first kappa shape index (κ1) is 21.1. The third kappa shape index (κ3) is 5.47. The molecule has 0 aliphatic heterocycles. The minimum atomic E-state index is -0.171. The third-order valence-electron chi connectivity index (χ3n) is 5.31. The van der Waals surface area contributed by atoms with Gasteiger partial charge >= 0.3 is 0 Å². The van der Waals surface area contributed by atoms with Crippen LogP contribution in [0.2, 0.25) is 0 Å². The van der Waals surface area contributed by atoms with E-state index < -0.39 is 0 Å². The Labute approximate surface area is 172 Å². The minimum absolute atomic E-state index is 0.0819. The van der Waals surface area contributed by atoms with Crippen molar-refractivity contribution in [2.45, 2.75) is 64.2 Å². The predicted octanol–water partition coefficient (Wildman–Crippen LogP) is 2.71. The molecule has 1 saturated carbocycles. The Kier molecular flexibility index (Phi) is 7.09. The van der Waals surface area contributed by atoms with Crippen molar-refractivity contribution in [1.29, 1.82) is 0 Å². The van der Waals surface area contributed by atoms with Crippen molar-refractivity contribution >= 4 is 5.91 Å². The topological polar surface area (TPSA) is 90.3 Å². The standard InChI is InChI=1S/C21H31N5O3/c1-14(2)23-21(27)19-13-26(25-24-19)17-8-6-16(7-9-17)22-12-15-5-10-18(28-3)11-20(15)29-4/h5,10-11,13-14,16-17,22H,6-9,12H2,1-4H3,(H,23,27). The van der Waals surface area contributed by atoms with Crippen molar-refractivity contribution in [2.24, 2.45) is 0 Å². The summed E-state index contributed by atoms with van der Waals surface area (Å²) in [4.78, 5) is 12.1. The number of aromatic nitrogens is 3. The summed E-state index contributed by atoms with van der Waals surface area (Å²) in [6, 6.07) is 6.72. The van der Waals surface area contributed by atoms with Crippen LogP contribution in [0.15, 0.2) is 24.4 Å². The highest BCUT2D eigenvalue weighted by Crippen LogP contribution is 2.29. The fourth-order valence-corrected chi connectivity index (χ4v) is 3.69. The van der Waals surface area contributed by atoms with Gasteiger partial charge in [-0.3, -0.25) is 4.79 Å². The molecule has 1 aromatic heterocycles. The predicted molar refractivity (Wildman–Crippen MR) is 110 cm³/mol. The molecule has 0 bridgehead atoms. The van der Waals surface area contributed by atoms with Crippen LogP contribution in [0.25, 0.3) is 0 Å². The molecule has 0 atom stereocenters. The highest BCUT2D eigenvalue weighted by Gasteiger charge is 2.24. The first-order chi connectivity index (χ1) is 14.0. The molecular weight excluding hydrogens is 370 g/mol. The van der Waals surface area contributed by atoms with Crippen LogP contribution in [0, 0.1) is 0 Å². The van der Waals surface area contributed by atoms with Crippen LogP contribution >= 0.6 is 0 Å². The Bertz CT molecular complexity index is 812. The van der Waals surface area contributed by atoms with Crippen molar-refractivity contribution in [2.75, 3.05) is 14.2 Å². The monoisotopic (exact) mass is 401 g/mol. The van der Waals surface area contributed by atoms with Gasteiger partial charge in [-0.2, -0.15) is 0 Å². The number of carbonyl (C=O) groups excluding carboxylic acids is 1. The van der Waals surface area contributed by atoms with Crippen molar-refractivity contribution in [3.8, 4) is 11.5 Å². The van der Waals surface area contributed by atoms with Crippen molar-refractivity contribution in [3.05, 3.63) is 35.7 Å². The van der Waals surface area contributed by atoms with Gasteiger partial charge in [0.2, 0.25) is 0 Å². The highest BCUT2D eigenvalue weighted by atomic mass is 16.5. The lowest BCUT2D eigenvalue weighted by molar-refractivity contribution is 0.0938. The van der Waals surface area contributed by atoms with Crippen LogP contribution in [0.3, 0.4) is 0 Å². The Morgan fingerprint density at radius 3 is 2.62 bits per heavy atom. The molecule has 1 aliphatic carbocycles. The molecule has 0 saturated heterocycles. The molecule has 2 aromatic rings. The van der Waals surface area contributed by atoms with E-state index in [9.17, 15) is 4.79 Å². The maximum atomic E-state index is 12.1. The number of nitrogens with zero attached hydrogens (tertiary/aromatic N) is 3. The van der Waals surface area contributed by atoms with Gasteiger partial charge in [0.05, 0.1) is 26.5 Å². The van der Waals surface area contributed by atoms with Crippen molar-refractivity contribution in [1.82, 2.24) is 25.6 Å². The Morgan fingerprint density at radius 1 is 1.21 bits per heavy atom. The summed E-state index contributed by atoms with van der Waals surface area (Å²) >= 11 is 0. The Hall–Kier alpha value is -2.61. The lowest BCUT2D eigenvalue weighted by Crippen LogP contribution is -2.33. The van der Waals surface area contributed by atoms with E-state index in [1.165, 1.54) is 0 Å². The average Bonchev–Trinajstić information content (AvgIpc) is 3.22. The molecule has 0 unspecified atom stereocenters. The third-order valence-corrected chi connectivity index (χ3v) is 5.31. The Balaban J connectivity index is 1.50. The number of benzene rings is 1. The smallest absolute Gasteiger partial charge is 0.273 e. The summed E-state index contributed by atoms with van der Waals surface area (Å²) in [6.07, 6.45) is 5.88. The second-order valence-corrected chi connectivity index (χ2v) is 7.78. The van der Waals surface area contributed by atoms with Crippen LogP contribution in [-0.2, 0) is 6.54 Å². The van der Waals surface area contributed by atoms with Gasteiger partial charge in [-0.25, -0.2) is 4.68 Å². The summed E-state index contributed by atoms with van der Waals surface area (Å²) in [5.41, 5.74) is 1.50. The Morgan fingerprint density at radius 2 is 1.97 bits per heavy atom. The zero-order chi connectivity index (χ0) is 20.8. The van der Waals surface area contributed by atoms with Gasteiger partial charge in [-0.05, 0) is 45.6 Å².